The van der Waals surface area contributed by atoms with Crippen LogP contribution in [0, 0.1) is 6.92 Å². The summed E-state index contributed by atoms with van der Waals surface area (Å²) in [4.78, 5) is 0.227. The first-order valence-electron chi connectivity index (χ1n) is 12.5. The summed E-state index contributed by atoms with van der Waals surface area (Å²) in [7, 11) is -2.25. The highest BCUT2D eigenvalue weighted by Crippen LogP contribution is 2.44. The Labute approximate surface area is 217 Å². The van der Waals surface area contributed by atoms with E-state index < -0.39 is 15.4 Å². The number of allylic oxidation sites excluding steroid dienone is 1. The van der Waals surface area contributed by atoms with Crippen molar-refractivity contribution in [2.75, 3.05) is 12.4 Å². The van der Waals surface area contributed by atoms with E-state index in [0.29, 0.717) is 24.0 Å². The molecule has 6 rings (SSSR count). The molecule has 0 amide bonds. The Balaban J connectivity index is 1.54. The van der Waals surface area contributed by atoms with Gasteiger partial charge < -0.3 is 10.1 Å². The van der Waals surface area contributed by atoms with E-state index in [1.54, 1.807) is 19.2 Å². The maximum absolute atomic E-state index is 13.9. The minimum absolute atomic E-state index is 0.227. The summed E-state index contributed by atoms with van der Waals surface area (Å²) in [5, 5.41) is 8.12. The van der Waals surface area contributed by atoms with Crippen LogP contribution in [-0.4, -0.2) is 30.8 Å². The van der Waals surface area contributed by atoms with Crippen molar-refractivity contribution in [2.45, 2.75) is 42.5 Å². The lowest BCUT2D eigenvalue weighted by Gasteiger charge is -2.35. The largest absolute Gasteiger partial charge is 0.497 e. The molecule has 1 N–H and O–H groups in total. The van der Waals surface area contributed by atoms with Crippen molar-refractivity contribution in [3.8, 4) is 5.75 Å². The molecule has 0 spiro atoms. The monoisotopic (exact) mass is 511 g/mol. The first-order chi connectivity index (χ1) is 17.9. The molecule has 2 aliphatic carbocycles. The Morgan fingerprint density at radius 3 is 2.27 bits per heavy atom. The number of ether oxygens (including phenoxy) is 1. The maximum atomic E-state index is 13.9. The molecule has 0 saturated heterocycles. The van der Waals surface area contributed by atoms with Crippen molar-refractivity contribution < 1.29 is 13.2 Å². The SMILES string of the molecule is COc1ccc(C2(c3ccccc3)C=Cc3c(NC4CC4)nn(S(=O)(=O)c4ccc(C)cc4)c3C2)cc1. The Kier molecular flexibility index (Phi) is 5.68. The minimum Gasteiger partial charge on any atom is -0.497 e. The number of fused-ring (bicyclic) bond motifs is 1. The summed E-state index contributed by atoms with van der Waals surface area (Å²) in [6.07, 6.45) is 6.80. The molecule has 0 bridgehead atoms. The van der Waals surface area contributed by atoms with E-state index in [9.17, 15) is 8.42 Å². The van der Waals surface area contributed by atoms with Crippen LogP contribution in [0.15, 0.2) is 89.8 Å². The van der Waals surface area contributed by atoms with Gasteiger partial charge in [0.1, 0.15) is 5.75 Å². The zero-order valence-electron chi connectivity index (χ0n) is 20.9. The Morgan fingerprint density at radius 2 is 1.62 bits per heavy atom. The molecule has 188 valence electrons. The van der Waals surface area contributed by atoms with Crippen molar-refractivity contribution in [1.82, 2.24) is 9.19 Å². The Bertz CT molecular complexity index is 1570. The highest BCUT2D eigenvalue weighted by molar-refractivity contribution is 7.89. The maximum Gasteiger partial charge on any atom is 0.283 e. The normalized spacial score (nSPS) is 18.9. The van der Waals surface area contributed by atoms with Crippen LogP contribution in [-0.2, 0) is 21.9 Å². The van der Waals surface area contributed by atoms with E-state index in [1.807, 2.05) is 55.5 Å². The van der Waals surface area contributed by atoms with Gasteiger partial charge in [0.15, 0.2) is 5.82 Å². The number of aromatic nitrogens is 2. The van der Waals surface area contributed by atoms with Gasteiger partial charge in [-0.2, -0.15) is 12.5 Å². The van der Waals surface area contributed by atoms with E-state index >= 15 is 0 Å². The third kappa shape index (κ3) is 4.13. The van der Waals surface area contributed by atoms with Gasteiger partial charge in [-0.1, -0.05) is 72.3 Å². The molecule has 4 aromatic rings. The van der Waals surface area contributed by atoms with Crippen LogP contribution in [0.2, 0.25) is 0 Å². The fourth-order valence-corrected chi connectivity index (χ4v) is 6.38. The second kappa shape index (κ2) is 8.92. The van der Waals surface area contributed by atoms with Crippen LogP contribution < -0.4 is 10.1 Å². The van der Waals surface area contributed by atoms with Crippen molar-refractivity contribution in [3.05, 3.63) is 113 Å². The van der Waals surface area contributed by atoms with Gasteiger partial charge in [0.05, 0.1) is 17.7 Å². The average molecular weight is 512 g/mol. The molecule has 1 aromatic heterocycles. The predicted molar refractivity (Wildman–Crippen MR) is 146 cm³/mol. The van der Waals surface area contributed by atoms with E-state index in [2.05, 4.69) is 40.8 Å². The standard InChI is InChI=1S/C30H29N3O3S/c1-21-8-16-26(17-9-21)37(34,35)33-28-20-30(22-6-4-3-5-7-22,23-10-14-25(36-2)15-11-23)19-18-27(28)29(32-33)31-24-12-13-24/h3-11,14-19,24H,12-13,20H2,1-2H3,(H,31,32). The summed E-state index contributed by atoms with van der Waals surface area (Å²) < 4.78 is 34.5. The predicted octanol–water partition coefficient (Wildman–Crippen LogP) is 5.57. The molecular weight excluding hydrogens is 482 g/mol. The number of hydrogen-bond donors (Lipinski definition) is 1. The number of hydrogen-bond acceptors (Lipinski definition) is 5. The Morgan fingerprint density at radius 1 is 0.946 bits per heavy atom. The number of nitrogens with one attached hydrogen (secondary N) is 1. The molecule has 1 fully saturated rings. The van der Waals surface area contributed by atoms with Crippen molar-refractivity contribution in [3.63, 3.8) is 0 Å². The molecular formula is C30H29N3O3S. The lowest BCUT2D eigenvalue weighted by atomic mass is 9.68. The average Bonchev–Trinajstić information content (AvgIpc) is 3.68. The smallest absolute Gasteiger partial charge is 0.283 e. The third-order valence-corrected chi connectivity index (χ3v) is 8.95. The second-order valence-corrected chi connectivity index (χ2v) is 11.6. The Hall–Kier alpha value is -3.84. The number of methoxy groups -OCH3 is 1. The summed E-state index contributed by atoms with van der Waals surface area (Å²) in [5.74, 6) is 1.40. The van der Waals surface area contributed by atoms with Gasteiger partial charge in [0, 0.05) is 23.4 Å². The highest BCUT2D eigenvalue weighted by Gasteiger charge is 2.40. The van der Waals surface area contributed by atoms with Crippen LogP contribution in [0.3, 0.4) is 0 Å². The van der Waals surface area contributed by atoms with Crippen LogP contribution >= 0.6 is 0 Å². The second-order valence-electron chi connectivity index (χ2n) is 9.86. The highest BCUT2D eigenvalue weighted by atomic mass is 32.2. The molecule has 6 nitrogen and oxygen atoms in total. The van der Waals surface area contributed by atoms with Gasteiger partial charge in [-0.15, -0.1) is 5.10 Å². The molecule has 7 heteroatoms. The van der Waals surface area contributed by atoms with Gasteiger partial charge in [-0.25, -0.2) is 0 Å². The molecule has 2 aliphatic rings. The number of aryl methyl sites for hydroxylation is 1. The summed E-state index contributed by atoms with van der Waals surface area (Å²) in [6, 6.07) is 25.5. The van der Waals surface area contributed by atoms with Crippen molar-refractivity contribution in [2.24, 2.45) is 0 Å². The fourth-order valence-electron chi connectivity index (χ4n) is 5.06. The molecule has 1 unspecified atom stereocenters. The zero-order valence-corrected chi connectivity index (χ0v) is 21.7. The topological polar surface area (TPSA) is 73.2 Å². The molecule has 0 radical (unpaired) electrons. The third-order valence-electron chi connectivity index (χ3n) is 7.33. The van der Waals surface area contributed by atoms with Crippen molar-refractivity contribution >= 4 is 21.9 Å². The summed E-state index contributed by atoms with van der Waals surface area (Å²) in [6.45, 7) is 1.94. The lowest BCUT2D eigenvalue weighted by Crippen LogP contribution is -2.32. The van der Waals surface area contributed by atoms with E-state index in [0.717, 1.165) is 40.8 Å². The molecule has 3 aromatic carbocycles. The van der Waals surface area contributed by atoms with Crippen molar-refractivity contribution in [1.29, 1.82) is 0 Å². The van der Waals surface area contributed by atoms with Gasteiger partial charge in [-0.3, -0.25) is 0 Å². The molecule has 0 aliphatic heterocycles. The number of rotatable bonds is 7. The van der Waals surface area contributed by atoms with Gasteiger partial charge in [0.25, 0.3) is 10.0 Å². The van der Waals surface area contributed by atoms with Crippen LogP contribution in [0.25, 0.3) is 6.08 Å². The van der Waals surface area contributed by atoms with Crippen LogP contribution in [0.1, 0.15) is 40.8 Å². The zero-order chi connectivity index (χ0) is 25.6. The van der Waals surface area contributed by atoms with E-state index in [-0.39, 0.29) is 4.90 Å². The van der Waals surface area contributed by atoms with E-state index in [4.69, 9.17) is 4.74 Å². The lowest BCUT2D eigenvalue weighted by molar-refractivity contribution is 0.414. The number of anilines is 1. The number of benzene rings is 3. The quantitative estimate of drug-likeness (QED) is 0.351. The number of nitrogens with zero attached hydrogens (tertiary/aromatic N) is 2. The van der Waals surface area contributed by atoms with Crippen LogP contribution in [0.4, 0.5) is 5.82 Å². The fraction of sp³-hybridized carbons (Fsp3) is 0.233. The molecule has 1 saturated carbocycles. The minimum atomic E-state index is -3.91. The molecule has 1 atom stereocenters. The first-order valence-corrected chi connectivity index (χ1v) is 13.9. The molecule has 1 heterocycles. The van der Waals surface area contributed by atoms with Gasteiger partial charge in [-0.05, 0) is 55.2 Å². The van der Waals surface area contributed by atoms with Crippen LogP contribution in [0.5, 0.6) is 5.75 Å². The summed E-state index contributed by atoms with van der Waals surface area (Å²) >= 11 is 0. The summed E-state index contributed by atoms with van der Waals surface area (Å²) in [5.41, 5.74) is 4.08. The first kappa shape index (κ1) is 23.6. The molecule has 37 heavy (non-hydrogen) atoms. The van der Waals surface area contributed by atoms with Gasteiger partial charge in [0.2, 0.25) is 0 Å². The van der Waals surface area contributed by atoms with E-state index in [1.165, 1.54) is 4.09 Å². The van der Waals surface area contributed by atoms with Gasteiger partial charge >= 0.3 is 0 Å².